The molecule has 4 nitrogen and oxygen atoms in total. The normalized spacial score (nSPS) is 23.2. The van der Waals surface area contributed by atoms with E-state index in [9.17, 15) is 15.2 Å². The molecule has 4 heteroatoms. The maximum absolute atomic E-state index is 10.7. The van der Waals surface area contributed by atoms with Crippen LogP contribution in [0.2, 0.25) is 0 Å². The highest BCUT2D eigenvalue weighted by molar-refractivity contribution is 5.26. The van der Waals surface area contributed by atoms with E-state index in [0.717, 1.165) is 5.56 Å². The lowest BCUT2D eigenvalue weighted by atomic mass is 9.87. The number of hydrogen-bond acceptors (Lipinski definition) is 3. The van der Waals surface area contributed by atoms with Gasteiger partial charge in [0.25, 0.3) is 0 Å². The zero-order chi connectivity index (χ0) is 12.3. The maximum atomic E-state index is 10.7. The molecule has 0 saturated heterocycles. The molecule has 1 N–H and O–H groups in total. The molecule has 0 saturated carbocycles. The zero-order valence-corrected chi connectivity index (χ0v) is 9.24. The minimum Gasteiger partial charge on any atom is -0.385 e. The van der Waals surface area contributed by atoms with Gasteiger partial charge in [-0.3, -0.25) is 10.1 Å². The number of nitro groups is 1. The van der Waals surface area contributed by atoms with Gasteiger partial charge in [0.1, 0.15) is 0 Å². The van der Waals surface area contributed by atoms with Crippen molar-refractivity contribution in [1.82, 2.24) is 0 Å². The molecule has 1 aromatic rings. The van der Waals surface area contributed by atoms with Crippen LogP contribution in [0.3, 0.4) is 0 Å². The Morgan fingerprint density at radius 3 is 2.71 bits per heavy atom. The van der Waals surface area contributed by atoms with Crippen molar-refractivity contribution in [2.75, 3.05) is 0 Å². The number of allylic oxidation sites excluding steroid dienone is 2. The van der Waals surface area contributed by atoms with Crippen LogP contribution >= 0.6 is 0 Å². The highest BCUT2D eigenvalue weighted by Gasteiger charge is 2.32. The zero-order valence-electron chi connectivity index (χ0n) is 9.24. The van der Waals surface area contributed by atoms with E-state index in [0.29, 0.717) is 6.42 Å². The van der Waals surface area contributed by atoms with Gasteiger partial charge in [-0.15, -0.1) is 0 Å². The predicted octanol–water partition coefficient (Wildman–Crippen LogP) is 2.08. The van der Waals surface area contributed by atoms with Crippen molar-refractivity contribution in [2.45, 2.75) is 18.4 Å². The molecular weight excluding hydrogens is 218 g/mol. The SMILES string of the molecule is O=[N+]([O-])C1=CC=CC(O)(Cc2ccccc2)C1. The highest BCUT2D eigenvalue weighted by Crippen LogP contribution is 2.27. The lowest BCUT2D eigenvalue weighted by Crippen LogP contribution is -2.32. The third kappa shape index (κ3) is 2.79. The molecule has 17 heavy (non-hydrogen) atoms. The van der Waals surface area contributed by atoms with Gasteiger partial charge >= 0.3 is 0 Å². The molecule has 1 aliphatic carbocycles. The van der Waals surface area contributed by atoms with Crippen molar-refractivity contribution in [1.29, 1.82) is 0 Å². The van der Waals surface area contributed by atoms with Gasteiger partial charge in [-0.1, -0.05) is 42.5 Å². The fourth-order valence-electron chi connectivity index (χ4n) is 1.97. The summed E-state index contributed by atoms with van der Waals surface area (Å²) < 4.78 is 0. The van der Waals surface area contributed by atoms with Crippen molar-refractivity contribution in [3.05, 3.63) is 69.9 Å². The number of hydrogen-bond donors (Lipinski definition) is 1. The maximum Gasteiger partial charge on any atom is 0.249 e. The molecule has 0 radical (unpaired) electrons. The van der Waals surface area contributed by atoms with Crippen molar-refractivity contribution in [2.24, 2.45) is 0 Å². The molecule has 1 aliphatic rings. The van der Waals surface area contributed by atoms with Crippen LogP contribution in [-0.2, 0) is 6.42 Å². The topological polar surface area (TPSA) is 63.4 Å². The van der Waals surface area contributed by atoms with E-state index < -0.39 is 10.5 Å². The van der Waals surface area contributed by atoms with E-state index in [1.54, 1.807) is 12.2 Å². The second-order valence-corrected chi connectivity index (χ2v) is 4.22. The summed E-state index contributed by atoms with van der Waals surface area (Å²) in [6, 6.07) is 9.46. The molecule has 0 spiro atoms. The smallest absolute Gasteiger partial charge is 0.249 e. The Kier molecular flexibility index (Phi) is 3.06. The summed E-state index contributed by atoms with van der Waals surface area (Å²) in [4.78, 5) is 10.2. The first-order valence-corrected chi connectivity index (χ1v) is 5.38. The van der Waals surface area contributed by atoms with E-state index in [1.165, 1.54) is 6.08 Å². The van der Waals surface area contributed by atoms with Crippen molar-refractivity contribution >= 4 is 0 Å². The molecule has 0 heterocycles. The molecule has 1 aromatic carbocycles. The molecule has 0 amide bonds. The highest BCUT2D eigenvalue weighted by atomic mass is 16.6. The van der Waals surface area contributed by atoms with Gasteiger partial charge in [0.15, 0.2) is 0 Å². The van der Waals surface area contributed by atoms with Gasteiger partial charge in [-0.05, 0) is 5.56 Å². The average molecular weight is 231 g/mol. The fourth-order valence-corrected chi connectivity index (χ4v) is 1.97. The van der Waals surface area contributed by atoms with Crippen molar-refractivity contribution in [3.8, 4) is 0 Å². The Labute approximate surface area is 99.0 Å². The molecule has 0 aromatic heterocycles. The van der Waals surface area contributed by atoms with Gasteiger partial charge in [0.2, 0.25) is 5.70 Å². The predicted molar refractivity (Wildman–Crippen MR) is 63.9 cm³/mol. The Morgan fingerprint density at radius 1 is 1.35 bits per heavy atom. The van der Waals surface area contributed by atoms with Gasteiger partial charge in [-0.2, -0.15) is 0 Å². The van der Waals surface area contributed by atoms with Crippen molar-refractivity contribution < 1.29 is 10.0 Å². The first-order chi connectivity index (χ1) is 8.09. The summed E-state index contributed by atoms with van der Waals surface area (Å²) >= 11 is 0. The van der Waals surface area contributed by atoms with Gasteiger partial charge in [0, 0.05) is 12.5 Å². The van der Waals surface area contributed by atoms with E-state index in [4.69, 9.17) is 0 Å². The molecule has 0 fully saturated rings. The van der Waals surface area contributed by atoms with E-state index in [1.807, 2.05) is 30.3 Å². The minimum atomic E-state index is -1.15. The average Bonchev–Trinajstić information content (AvgIpc) is 2.29. The second-order valence-electron chi connectivity index (χ2n) is 4.22. The Hall–Kier alpha value is -1.94. The molecule has 88 valence electrons. The van der Waals surface area contributed by atoms with Crippen molar-refractivity contribution in [3.63, 3.8) is 0 Å². The standard InChI is InChI=1S/C13H13NO3/c15-13(9-11-5-2-1-3-6-11)8-4-7-12(10-13)14(16)17/h1-8,15H,9-10H2. The van der Waals surface area contributed by atoms with Gasteiger partial charge < -0.3 is 5.11 Å². The first-order valence-electron chi connectivity index (χ1n) is 5.38. The fraction of sp³-hybridized carbons (Fsp3) is 0.231. The van der Waals surface area contributed by atoms with Crippen LogP contribution in [-0.4, -0.2) is 15.6 Å². The van der Waals surface area contributed by atoms with E-state index in [2.05, 4.69) is 0 Å². The number of rotatable bonds is 3. The summed E-state index contributed by atoms with van der Waals surface area (Å²) in [5.74, 6) is 0. The summed E-state index contributed by atoms with van der Waals surface area (Å²) in [5, 5.41) is 21.0. The molecular formula is C13H13NO3. The largest absolute Gasteiger partial charge is 0.385 e. The Bertz CT molecular complexity index is 479. The molecule has 2 rings (SSSR count). The third-order valence-corrected chi connectivity index (χ3v) is 2.77. The van der Waals surface area contributed by atoms with Crippen LogP contribution in [0.25, 0.3) is 0 Å². The Balaban J connectivity index is 2.14. The van der Waals surface area contributed by atoms with Crippen LogP contribution in [0.1, 0.15) is 12.0 Å². The molecule has 0 bridgehead atoms. The summed E-state index contributed by atoms with van der Waals surface area (Å²) in [5.41, 5.74) is -0.145. The van der Waals surface area contributed by atoms with Crippen LogP contribution in [0.4, 0.5) is 0 Å². The minimum absolute atomic E-state index is 0.0470. The molecule has 0 aliphatic heterocycles. The summed E-state index contributed by atoms with van der Waals surface area (Å²) in [6.07, 6.45) is 5.03. The second kappa shape index (κ2) is 4.51. The monoisotopic (exact) mass is 231 g/mol. The Morgan fingerprint density at radius 2 is 2.06 bits per heavy atom. The van der Waals surface area contributed by atoms with Gasteiger partial charge in [0.05, 0.1) is 16.9 Å². The number of aliphatic hydroxyl groups is 1. The summed E-state index contributed by atoms with van der Waals surface area (Å²) in [6.45, 7) is 0. The first kappa shape index (κ1) is 11.5. The number of benzene rings is 1. The van der Waals surface area contributed by atoms with Crippen LogP contribution < -0.4 is 0 Å². The lowest BCUT2D eigenvalue weighted by molar-refractivity contribution is -0.430. The quantitative estimate of drug-likeness (QED) is 0.640. The van der Waals surface area contributed by atoms with Crippen LogP contribution in [0.15, 0.2) is 54.3 Å². The lowest BCUT2D eigenvalue weighted by Gasteiger charge is -2.25. The van der Waals surface area contributed by atoms with Crippen LogP contribution in [0.5, 0.6) is 0 Å². The van der Waals surface area contributed by atoms with Crippen LogP contribution in [0, 0.1) is 10.1 Å². The summed E-state index contributed by atoms with van der Waals surface area (Å²) in [7, 11) is 0. The van der Waals surface area contributed by atoms with Gasteiger partial charge in [-0.25, -0.2) is 0 Å². The van der Waals surface area contributed by atoms with E-state index >= 15 is 0 Å². The van der Waals surface area contributed by atoms with E-state index in [-0.39, 0.29) is 12.1 Å². The third-order valence-electron chi connectivity index (χ3n) is 2.77. The molecule has 1 unspecified atom stereocenters. The molecule has 1 atom stereocenters. The number of nitrogens with zero attached hydrogens (tertiary/aromatic N) is 1.